The largest absolute Gasteiger partial charge is 0.492 e. The van der Waals surface area contributed by atoms with E-state index in [0.717, 1.165) is 16.5 Å². The van der Waals surface area contributed by atoms with Gasteiger partial charge in [-0.25, -0.2) is 13.1 Å². The Labute approximate surface area is 121 Å². The van der Waals surface area contributed by atoms with Crippen LogP contribution in [0, 0.1) is 0 Å². The minimum Gasteiger partial charge on any atom is -0.492 e. The van der Waals surface area contributed by atoms with Gasteiger partial charge in [0.25, 0.3) is 0 Å². The Morgan fingerprint density at radius 3 is 2.79 bits per heavy atom. The summed E-state index contributed by atoms with van der Waals surface area (Å²) >= 11 is 3.33. The third-order valence-electron chi connectivity index (χ3n) is 2.92. The van der Waals surface area contributed by atoms with Gasteiger partial charge < -0.3 is 10.5 Å². The molecule has 0 spiro atoms. The lowest BCUT2D eigenvalue weighted by Gasteiger charge is -2.24. The van der Waals surface area contributed by atoms with Gasteiger partial charge in [-0.05, 0) is 26.0 Å². The Bertz CT molecular complexity index is 599. The van der Waals surface area contributed by atoms with Gasteiger partial charge in [0.05, 0.1) is 6.61 Å². The van der Waals surface area contributed by atoms with E-state index in [2.05, 4.69) is 20.7 Å². The zero-order valence-electron chi connectivity index (χ0n) is 10.9. The predicted molar refractivity (Wildman–Crippen MR) is 76.8 cm³/mol. The number of nitrogens with one attached hydrogen (secondary N) is 1. The molecular weight excluding hydrogens is 332 g/mol. The van der Waals surface area contributed by atoms with Crippen LogP contribution in [0.2, 0.25) is 0 Å². The third kappa shape index (κ3) is 3.10. The standard InChI is InChI=1S/C12H17BrN2O3S/c1-12(2,7-14)15-19(16,17)10-6-9(13)5-8-3-4-18-11(8)10/h5-6,15H,3-4,7,14H2,1-2H3. The highest BCUT2D eigenvalue weighted by atomic mass is 79.9. The summed E-state index contributed by atoms with van der Waals surface area (Å²) in [6.07, 6.45) is 0.720. The van der Waals surface area contributed by atoms with E-state index in [1.54, 1.807) is 19.9 Å². The van der Waals surface area contributed by atoms with E-state index in [1.165, 1.54) is 0 Å². The van der Waals surface area contributed by atoms with E-state index in [4.69, 9.17) is 10.5 Å². The smallest absolute Gasteiger partial charge is 0.244 e. The maximum Gasteiger partial charge on any atom is 0.244 e. The van der Waals surface area contributed by atoms with Crippen LogP contribution in [0.4, 0.5) is 0 Å². The summed E-state index contributed by atoms with van der Waals surface area (Å²) in [7, 11) is -3.66. The Morgan fingerprint density at radius 1 is 1.47 bits per heavy atom. The van der Waals surface area contributed by atoms with Crippen molar-refractivity contribution in [1.29, 1.82) is 0 Å². The molecule has 7 heteroatoms. The molecule has 0 unspecified atom stereocenters. The summed E-state index contributed by atoms with van der Waals surface area (Å²) in [5.74, 6) is 0.448. The summed E-state index contributed by atoms with van der Waals surface area (Å²) in [5.41, 5.74) is 5.77. The summed E-state index contributed by atoms with van der Waals surface area (Å²) in [4.78, 5) is 0.163. The van der Waals surface area contributed by atoms with Gasteiger partial charge in [0.1, 0.15) is 10.6 Å². The highest BCUT2D eigenvalue weighted by molar-refractivity contribution is 9.10. The second-order valence-electron chi connectivity index (χ2n) is 5.18. The molecule has 0 bridgehead atoms. The van der Waals surface area contributed by atoms with Gasteiger partial charge in [-0.3, -0.25) is 0 Å². The lowest BCUT2D eigenvalue weighted by atomic mass is 10.1. The lowest BCUT2D eigenvalue weighted by Crippen LogP contribution is -2.48. The normalized spacial score (nSPS) is 15.2. The monoisotopic (exact) mass is 348 g/mol. The van der Waals surface area contributed by atoms with E-state index >= 15 is 0 Å². The second kappa shape index (κ2) is 5.05. The van der Waals surface area contributed by atoms with Crippen molar-refractivity contribution in [3.63, 3.8) is 0 Å². The Kier molecular flexibility index (Phi) is 3.92. The van der Waals surface area contributed by atoms with Crippen LogP contribution >= 0.6 is 15.9 Å². The van der Waals surface area contributed by atoms with Crippen LogP contribution in [0.15, 0.2) is 21.5 Å². The zero-order valence-corrected chi connectivity index (χ0v) is 13.3. The number of hydrogen-bond acceptors (Lipinski definition) is 4. The van der Waals surface area contributed by atoms with Crippen LogP contribution in [-0.2, 0) is 16.4 Å². The molecule has 1 aromatic rings. The number of hydrogen-bond donors (Lipinski definition) is 2. The van der Waals surface area contributed by atoms with E-state index in [0.29, 0.717) is 12.4 Å². The van der Waals surface area contributed by atoms with Gasteiger partial charge in [-0.2, -0.15) is 0 Å². The molecule has 1 aliphatic rings. The minimum absolute atomic E-state index is 0.163. The maximum absolute atomic E-state index is 12.5. The minimum atomic E-state index is -3.66. The molecule has 5 nitrogen and oxygen atoms in total. The SMILES string of the molecule is CC(C)(CN)NS(=O)(=O)c1cc(Br)cc2c1OCC2. The van der Waals surface area contributed by atoms with Crippen molar-refractivity contribution in [1.82, 2.24) is 4.72 Å². The third-order valence-corrected chi connectivity index (χ3v) is 5.09. The van der Waals surface area contributed by atoms with Crippen LogP contribution in [0.1, 0.15) is 19.4 Å². The van der Waals surface area contributed by atoms with Gasteiger partial charge in [0, 0.05) is 28.5 Å². The first-order chi connectivity index (χ1) is 8.75. The molecule has 3 N–H and O–H groups in total. The summed E-state index contributed by atoms with van der Waals surface area (Å²) in [5, 5.41) is 0. The second-order valence-corrected chi connectivity index (χ2v) is 7.75. The zero-order chi connectivity index (χ0) is 14.3. The van der Waals surface area contributed by atoms with Crippen molar-refractivity contribution >= 4 is 26.0 Å². The first-order valence-electron chi connectivity index (χ1n) is 5.94. The number of sulfonamides is 1. The molecule has 0 fully saturated rings. The van der Waals surface area contributed by atoms with Crippen LogP contribution in [0.3, 0.4) is 0 Å². The van der Waals surface area contributed by atoms with Crippen LogP contribution in [0.5, 0.6) is 5.75 Å². The van der Waals surface area contributed by atoms with Crippen LogP contribution < -0.4 is 15.2 Å². The van der Waals surface area contributed by atoms with E-state index in [1.807, 2.05) is 6.07 Å². The Morgan fingerprint density at radius 2 is 2.16 bits per heavy atom. The van der Waals surface area contributed by atoms with Crippen LogP contribution in [-0.4, -0.2) is 27.1 Å². The molecule has 1 heterocycles. The molecule has 1 aromatic carbocycles. The summed E-state index contributed by atoms with van der Waals surface area (Å²) in [6, 6.07) is 3.44. The first kappa shape index (κ1) is 14.8. The van der Waals surface area contributed by atoms with Crippen molar-refractivity contribution in [2.45, 2.75) is 30.7 Å². The molecular formula is C12H17BrN2O3S. The predicted octanol–water partition coefficient (Wildman–Crippen LogP) is 1.40. The molecule has 0 amide bonds. The number of rotatable bonds is 4. The fourth-order valence-electron chi connectivity index (χ4n) is 1.90. The molecule has 2 rings (SSSR count). The van der Waals surface area contributed by atoms with E-state index in [9.17, 15) is 8.42 Å². The average Bonchev–Trinajstić information content (AvgIpc) is 2.74. The van der Waals surface area contributed by atoms with Gasteiger partial charge in [0.2, 0.25) is 10.0 Å². The number of nitrogens with two attached hydrogens (primary N) is 1. The molecule has 0 saturated heterocycles. The number of benzene rings is 1. The van der Waals surface area contributed by atoms with Crippen molar-refractivity contribution in [2.75, 3.05) is 13.2 Å². The number of ether oxygens (including phenoxy) is 1. The molecule has 0 radical (unpaired) electrons. The van der Waals surface area contributed by atoms with E-state index < -0.39 is 15.6 Å². The first-order valence-corrected chi connectivity index (χ1v) is 8.22. The molecule has 1 aliphatic heterocycles. The van der Waals surface area contributed by atoms with Gasteiger partial charge in [0.15, 0.2) is 0 Å². The fraction of sp³-hybridized carbons (Fsp3) is 0.500. The van der Waals surface area contributed by atoms with Gasteiger partial charge in [-0.1, -0.05) is 15.9 Å². The highest BCUT2D eigenvalue weighted by Crippen LogP contribution is 2.36. The summed E-state index contributed by atoms with van der Waals surface area (Å²) < 4.78 is 33.7. The van der Waals surface area contributed by atoms with E-state index in [-0.39, 0.29) is 11.4 Å². The quantitative estimate of drug-likeness (QED) is 0.861. The van der Waals surface area contributed by atoms with Gasteiger partial charge >= 0.3 is 0 Å². The number of fused-ring (bicyclic) bond motifs is 1. The molecule has 0 aromatic heterocycles. The highest BCUT2D eigenvalue weighted by Gasteiger charge is 2.30. The fourth-order valence-corrected chi connectivity index (χ4v) is 4.19. The van der Waals surface area contributed by atoms with Crippen LogP contribution in [0.25, 0.3) is 0 Å². The lowest BCUT2D eigenvalue weighted by molar-refractivity contribution is 0.348. The van der Waals surface area contributed by atoms with Crippen molar-refractivity contribution in [2.24, 2.45) is 5.73 Å². The average molecular weight is 349 g/mol. The molecule has 0 atom stereocenters. The van der Waals surface area contributed by atoms with Crippen molar-refractivity contribution in [3.8, 4) is 5.75 Å². The van der Waals surface area contributed by atoms with Crippen molar-refractivity contribution < 1.29 is 13.2 Å². The Balaban J connectivity index is 2.47. The molecule has 106 valence electrons. The Hall–Kier alpha value is -0.630. The molecule has 0 saturated carbocycles. The van der Waals surface area contributed by atoms with Gasteiger partial charge in [-0.15, -0.1) is 0 Å². The van der Waals surface area contributed by atoms with Crippen molar-refractivity contribution in [3.05, 3.63) is 22.2 Å². The molecule has 19 heavy (non-hydrogen) atoms. The number of halogens is 1. The topological polar surface area (TPSA) is 81.4 Å². The molecule has 0 aliphatic carbocycles. The summed E-state index contributed by atoms with van der Waals surface area (Å²) in [6.45, 7) is 4.20. The maximum atomic E-state index is 12.5.